The van der Waals surface area contributed by atoms with Crippen molar-refractivity contribution in [3.63, 3.8) is 0 Å². The average molecular weight is 387 g/mol. The number of nitrogens with one attached hydrogen (secondary N) is 2. The number of nitro groups is 1. The number of amides is 1. The van der Waals surface area contributed by atoms with Crippen LogP contribution in [0.15, 0.2) is 29.2 Å². The number of para-hydroxylation sites is 1. The van der Waals surface area contributed by atoms with Gasteiger partial charge in [0.05, 0.1) is 4.92 Å². The monoisotopic (exact) mass is 387 g/mol. The van der Waals surface area contributed by atoms with Crippen LogP contribution >= 0.6 is 12.2 Å². The van der Waals surface area contributed by atoms with Gasteiger partial charge in [-0.3, -0.25) is 25.8 Å². The molecule has 1 aliphatic rings. The molecule has 0 unspecified atom stereocenters. The van der Waals surface area contributed by atoms with Gasteiger partial charge in [-0.15, -0.1) is 0 Å². The molecule has 1 fully saturated rings. The third-order valence-corrected chi connectivity index (χ3v) is 5.77. The Morgan fingerprint density at radius 1 is 1.32 bits per heavy atom. The summed E-state index contributed by atoms with van der Waals surface area (Å²) in [6, 6.07) is 4.03. The highest BCUT2D eigenvalue weighted by Crippen LogP contribution is 2.30. The zero-order valence-corrected chi connectivity index (χ0v) is 14.7. The smallest absolute Gasteiger partial charge is 0.289 e. The lowest BCUT2D eigenvalue weighted by Gasteiger charge is -2.33. The molecule has 0 aromatic heterocycles. The molecule has 2 rings (SSSR count). The Hall–Kier alpha value is -2.31. The van der Waals surface area contributed by atoms with E-state index in [0.29, 0.717) is 12.8 Å². The van der Waals surface area contributed by atoms with Crippen LogP contribution in [0.4, 0.5) is 5.69 Å². The predicted molar refractivity (Wildman–Crippen MR) is 92.7 cm³/mol. The fourth-order valence-electron chi connectivity index (χ4n) is 2.61. The van der Waals surface area contributed by atoms with Crippen LogP contribution < -0.4 is 16.6 Å². The molecule has 0 aliphatic carbocycles. The summed E-state index contributed by atoms with van der Waals surface area (Å²) in [6.45, 7) is 0.0829. The van der Waals surface area contributed by atoms with Gasteiger partial charge in [-0.25, -0.2) is 8.42 Å². The summed E-state index contributed by atoms with van der Waals surface area (Å²) in [6.07, 6.45) is 1.48. The van der Waals surface area contributed by atoms with Crippen LogP contribution in [-0.2, 0) is 14.8 Å². The molecular formula is C13H17N5O5S2. The summed E-state index contributed by atoms with van der Waals surface area (Å²) in [7, 11) is -4.23. The van der Waals surface area contributed by atoms with E-state index in [4.69, 9.17) is 5.73 Å². The van der Waals surface area contributed by atoms with Crippen molar-refractivity contribution in [1.29, 1.82) is 0 Å². The highest BCUT2D eigenvalue weighted by molar-refractivity contribution is 7.89. The van der Waals surface area contributed by atoms with Gasteiger partial charge < -0.3 is 5.73 Å². The zero-order chi connectivity index (χ0) is 18.6. The minimum atomic E-state index is -4.23. The second kappa shape index (κ2) is 7.72. The Labute approximate surface area is 149 Å². The van der Waals surface area contributed by atoms with E-state index in [1.807, 2.05) is 0 Å². The maximum absolute atomic E-state index is 12.9. The summed E-state index contributed by atoms with van der Waals surface area (Å²) in [5.41, 5.74) is 9.21. The molecule has 136 valence electrons. The second-order valence-electron chi connectivity index (χ2n) is 5.33. The van der Waals surface area contributed by atoms with Gasteiger partial charge >= 0.3 is 0 Å². The number of thiocarbonyl (C=S) groups is 1. The van der Waals surface area contributed by atoms with Crippen LogP contribution in [0.1, 0.15) is 19.3 Å². The molecular weight excluding hydrogens is 370 g/mol. The molecule has 0 spiro atoms. The van der Waals surface area contributed by atoms with Crippen LogP contribution in [0, 0.1) is 10.1 Å². The molecule has 1 aromatic carbocycles. The lowest BCUT2D eigenvalue weighted by Crippen LogP contribution is -2.56. The Balaban J connectivity index is 2.37. The first kappa shape index (κ1) is 19.0. The summed E-state index contributed by atoms with van der Waals surface area (Å²) in [4.78, 5) is 22.2. The third-order valence-electron chi connectivity index (χ3n) is 3.71. The number of sulfonamides is 1. The molecule has 1 heterocycles. The first-order valence-corrected chi connectivity index (χ1v) is 9.20. The van der Waals surface area contributed by atoms with E-state index in [9.17, 15) is 23.3 Å². The number of hydrazine groups is 1. The Morgan fingerprint density at radius 3 is 2.64 bits per heavy atom. The summed E-state index contributed by atoms with van der Waals surface area (Å²) < 4.78 is 26.9. The normalized spacial score (nSPS) is 18.3. The number of carbonyl (C=O) groups is 1. The standard InChI is InChI=1S/C13H17N5O5S2/c14-13(24)16-15-12(19)10-6-3-4-8-17(10)25(22,23)11-7-2-1-5-9(11)18(20)21/h1-2,5,7,10H,3-4,6,8H2,(H,15,19)(H3,14,16,24)/t10-/m1/s1. The van der Waals surface area contributed by atoms with Crippen molar-refractivity contribution in [3.8, 4) is 0 Å². The van der Waals surface area contributed by atoms with Gasteiger partial charge in [-0.2, -0.15) is 4.31 Å². The van der Waals surface area contributed by atoms with Gasteiger partial charge in [0.2, 0.25) is 0 Å². The van der Waals surface area contributed by atoms with Crippen molar-refractivity contribution in [1.82, 2.24) is 15.2 Å². The third kappa shape index (κ3) is 4.21. The van der Waals surface area contributed by atoms with E-state index < -0.39 is 37.5 Å². The molecule has 1 atom stereocenters. The van der Waals surface area contributed by atoms with E-state index in [1.54, 1.807) is 0 Å². The van der Waals surface area contributed by atoms with E-state index in [0.717, 1.165) is 16.4 Å². The van der Waals surface area contributed by atoms with Crippen molar-refractivity contribution >= 4 is 38.9 Å². The van der Waals surface area contributed by atoms with E-state index in [-0.39, 0.29) is 18.1 Å². The van der Waals surface area contributed by atoms with Crippen molar-refractivity contribution < 1.29 is 18.1 Å². The second-order valence-corrected chi connectivity index (χ2v) is 7.63. The summed E-state index contributed by atoms with van der Waals surface area (Å²) in [5, 5.41) is 11.0. The molecule has 0 saturated carbocycles. The van der Waals surface area contributed by atoms with E-state index >= 15 is 0 Å². The lowest BCUT2D eigenvalue weighted by atomic mass is 10.0. The Bertz CT molecular complexity index is 798. The molecule has 0 radical (unpaired) electrons. The first-order chi connectivity index (χ1) is 11.7. The highest BCUT2D eigenvalue weighted by Gasteiger charge is 2.40. The zero-order valence-electron chi connectivity index (χ0n) is 13.0. The van der Waals surface area contributed by atoms with E-state index in [2.05, 4.69) is 23.1 Å². The number of nitro benzene ring substituents is 1. The molecule has 4 N–H and O–H groups in total. The molecule has 1 aliphatic heterocycles. The molecule has 1 aromatic rings. The van der Waals surface area contributed by atoms with Gasteiger partial charge in [-0.1, -0.05) is 18.6 Å². The fraction of sp³-hybridized carbons (Fsp3) is 0.385. The lowest BCUT2D eigenvalue weighted by molar-refractivity contribution is -0.387. The largest absolute Gasteiger partial charge is 0.375 e. The number of piperidine rings is 1. The van der Waals surface area contributed by atoms with E-state index in [1.165, 1.54) is 12.1 Å². The van der Waals surface area contributed by atoms with Crippen molar-refractivity contribution in [2.24, 2.45) is 5.73 Å². The molecule has 1 saturated heterocycles. The van der Waals surface area contributed by atoms with Gasteiger partial charge in [-0.05, 0) is 31.1 Å². The number of nitrogens with zero attached hydrogens (tertiary/aromatic N) is 2. The quantitative estimate of drug-likeness (QED) is 0.371. The van der Waals surface area contributed by atoms with Crippen molar-refractivity contribution in [2.75, 3.05) is 6.54 Å². The van der Waals surface area contributed by atoms with Crippen LogP contribution in [0.25, 0.3) is 0 Å². The molecule has 10 nitrogen and oxygen atoms in total. The van der Waals surface area contributed by atoms with Crippen LogP contribution in [-0.4, -0.2) is 41.3 Å². The van der Waals surface area contributed by atoms with Gasteiger partial charge in [0.1, 0.15) is 6.04 Å². The predicted octanol–water partition coefficient (Wildman–Crippen LogP) is 0.00240. The number of nitrogens with two attached hydrogens (primary N) is 1. The van der Waals surface area contributed by atoms with Gasteiger partial charge in [0.25, 0.3) is 21.6 Å². The summed E-state index contributed by atoms with van der Waals surface area (Å²) >= 11 is 4.59. The molecule has 25 heavy (non-hydrogen) atoms. The van der Waals surface area contributed by atoms with Crippen molar-refractivity contribution in [3.05, 3.63) is 34.4 Å². The fourth-order valence-corrected chi connectivity index (χ4v) is 4.48. The number of carbonyl (C=O) groups excluding carboxylic acids is 1. The number of benzene rings is 1. The number of hydrogen-bond donors (Lipinski definition) is 3. The maximum Gasteiger partial charge on any atom is 0.289 e. The van der Waals surface area contributed by atoms with Crippen LogP contribution in [0.5, 0.6) is 0 Å². The Morgan fingerprint density at radius 2 is 2.00 bits per heavy atom. The minimum absolute atomic E-state index is 0.0829. The maximum atomic E-state index is 12.9. The highest BCUT2D eigenvalue weighted by atomic mass is 32.2. The van der Waals surface area contributed by atoms with Crippen LogP contribution in [0.2, 0.25) is 0 Å². The first-order valence-electron chi connectivity index (χ1n) is 7.35. The van der Waals surface area contributed by atoms with Gasteiger partial charge in [0, 0.05) is 12.6 Å². The molecule has 1 amide bonds. The average Bonchev–Trinajstić information content (AvgIpc) is 2.59. The summed E-state index contributed by atoms with van der Waals surface area (Å²) in [5.74, 6) is -0.630. The topological polar surface area (TPSA) is 148 Å². The number of rotatable bonds is 4. The molecule has 0 bridgehead atoms. The SMILES string of the molecule is NC(=S)NNC(=O)[C@H]1CCCCN1S(=O)(=O)c1ccccc1[N+](=O)[O-]. The van der Waals surface area contributed by atoms with Crippen LogP contribution in [0.3, 0.4) is 0 Å². The Kier molecular flexibility index (Phi) is 5.87. The molecule has 12 heteroatoms. The number of hydrogen-bond acceptors (Lipinski definition) is 6. The minimum Gasteiger partial charge on any atom is -0.375 e. The van der Waals surface area contributed by atoms with Gasteiger partial charge in [0.15, 0.2) is 10.0 Å². The van der Waals surface area contributed by atoms with Crippen molar-refractivity contribution in [2.45, 2.75) is 30.2 Å².